The van der Waals surface area contributed by atoms with E-state index in [4.69, 9.17) is 16.3 Å². The molecule has 1 amide bonds. The Labute approximate surface area is 117 Å². The SMILES string of the molecule is O=C(Cc1cccc(Cl)c1)NCC1(O)CCOCC1. The van der Waals surface area contributed by atoms with Gasteiger partial charge in [-0.2, -0.15) is 0 Å². The molecule has 1 aromatic rings. The molecule has 1 fully saturated rings. The van der Waals surface area contributed by atoms with Crippen LogP contribution in [0.25, 0.3) is 0 Å². The second kappa shape index (κ2) is 6.37. The van der Waals surface area contributed by atoms with Gasteiger partial charge < -0.3 is 15.2 Å². The number of rotatable bonds is 4. The fraction of sp³-hybridized carbons (Fsp3) is 0.500. The second-order valence-corrected chi connectivity index (χ2v) is 5.36. The predicted octanol–water partition coefficient (Wildman–Crippen LogP) is 1.54. The van der Waals surface area contributed by atoms with Crippen molar-refractivity contribution in [3.63, 3.8) is 0 Å². The van der Waals surface area contributed by atoms with Gasteiger partial charge in [0, 0.05) is 37.6 Å². The van der Waals surface area contributed by atoms with Gasteiger partial charge in [-0.3, -0.25) is 4.79 Å². The van der Waals surface area contributed by atoms with Crippen molar-refractivity contribution in [2.24, 2.45) is 0 Å². The molecule has 0 spiro atoms. The van der Waals surface area contributed by atoms with Gasteiger partial charge >= 0.3 is 0 Å². The number of hydrogen-bond acceptors (Lipinski definition) is 3. The van der Waals surface area contributed by atoms with Crippen LogP contribution in [0.4, 0.5) is 0 Å². The van der Waals surface area contributed by atoms with Crippen molar-refractivity contribution in [3.05, 3.63) is 34.9 Å². The quantitative estimate of drug-likeness (QED) is 0.881. The van der Waals surface area contributed by atoms with E-state index in [2.05, 4.69) is 5.32 Å². The number of aliphatic hydroxyl groups is 1. The van der Waals surface area contributed by atoms with Crippen LogP contribution in [0.2, 0.25) is 5.02 Å². The summed E-state index contributed by atoms with van der Waals surface area (Å²) in [4.78, 5) is 11.8. The molecule has 0 bridgehead atoms. The maximum atomic E-state index is 11.8. The van der Waals surface area contributed by atoms with E-state index in [0.29, 0.717) is 31.1 Å². The highest BCUT2D eigenvalue weighted by Gasteiger charge is 2.29. The Kier molecular flexibility index (Phi) is 4.80. The summed E-state index contributed by atoms with van der Waals surface area (Å²) in [5, 5.41) is 13.6. The van der Waals surface area contributed by atoms with Crippen LogP contribution in [0.1, 0.15) is 18.4 Å². The molecule has 1 aliphatic heterocycles. The van der Waals surface area contributed by atoms with Crippen molar-refractivity contribution in [2.75, 3.05) is 19.8 Å². The smallest absolute Gasteiger partial charge is 0.224 e. The van der Waals surface area contributed by atoms with Gasteiger partial charge in [0.25, 0.3) is 0 Å². The molecule has 1 saturated heterocycles. The lowest BCUT2D eigenvalue weighted by atomic mass is 9.94. The number of benzene rings is 1. The Morgan fingerprint density at radius 1 is 1.42 bits per heavy atom. The lowest BCUT2D eigenvalue weighted by molar-refractivity contribution is -0.123. The molecule has 2 N–H and O–H groups in total. The first-order chi connectivity index (χ1) is 9.07. The second-order valence-electron chi connectivity index (χ2n) is 4.92. The number of ether oxygens (including phenoxy) is 1. The normalized spacial score (nSPS) is 18.0. The van der Waals surface area contributed by atoms with E-state index in [1.165, 1.54) is 0 Å². The molecule has 0 saturated carbocycles. The third-order valence-corrected chi connectivity index (χ3v) is 3.53. The monoisotopic (exact) mass is 283 g/mol. The maximum Gasteiger partial charge on any atom is 0.224 e. The molecule has 5 heteroatoms. The summed E-state index contributed by atoms with van der Waals surface area (Å²) < 4.78 is 5.19. The van der Waals surface area contributed by atoms with Crippen LogP contribution in [0.5, 0.6) is 0 Å². The Morgan fingerprint density at radius 3 is 2.84 bits per heavy atom. The van der Waals surface area contributed by atoms with Gasteiger partial charge in [0.15, 0.2) is 0 Å². The Balaban J connectivity index is 1.81. The molecule has 0 unspecified atom stereocenters. The molecular formula is C14H18ClNO3. The van der Waals surface area contributed by atoms with Crippen molar-refractivity contribution in [1.82, 2.24) is 5.32 Å². The largest absolute Gasteiger partial charge is 0.388 e. The van der Waals surface area contributed by atoms with Crippen molar-refractivity contribution in [3.8, 4) is 0 Å². The van der Waals surface area contributed by atoms with E-state index in [1.807, 2.05) is 12.1 Å². The first-order valence-electron chi connectivity index (χ1n) is 6.39. The van der Waals surface area contributed by atoms with E-state index < -0.39 is 5.60 Å². The van der Waals surface area contributed by atoms with Crippen LogP contribution in [-0.2, 0) is 16.0 Å². The Bertz CT molecular complexity index is 444. The van der Waals surface area contributed by atoms with Crippen LogP contribution >= 0.6 is 11.6 Å². The first-order valence-corrected chi connectivity index (χ1v) is 6.76. The average molecular weight is 284 g/mol. The molecular weight excluding hydrogens is 266 g/mol. The molecule has 0 aliphatic carbocycles. The van der Waals surface area contributed by atoms with E-state index in [9.17, 15) is 9.90 Å². The maximum absolute atomic E-state index is 11.8. The summed E-state index contributed by atoms with van der Waals surface area (Å²) in [6.07, 6.45) is 1.39. The van der Waals surface area contributed by atoms with Crippen molar-refractivity contribution in [1.29, 1.82) is 0 Å². The Hall–Kier alpha value is -1.10. The summed E-state index contributed by atoms with van der Waals surface area (Å²) >= 11 is 5.86. The number of nitrogens with one attached hydrogen (secondary N) is 1. The summed E-state index contributed by atoms with van der Waals surface area (Å²) in [6.45, 7) is 1.36. The lowest BCUT2D eigenvalue weighted by Gasteiger charge is -2.32. The highest BCUT2D eigenvalue weighted by Crippen LogP contribution is 2.19. The van der Waals surface area contributed by atoms with Gasteiger partial charge in [-0.15, -0.1) is 0 Å². The number of carbonyl (C=O) groups excluding carboxylic acids is 1. The summed E-state index contributed by atoms with van der Waals surface area (Å²) in [5.41, 5.74) is 0.0337. The molecule has 19 heavy (non-hydrogen) atoms. The molecule has 0 radical (unpaired) electrons. The van der Waals surface area contributed by atoms with Gasteiger partial charge in [-0.25, -0.2) is 0 Å². The summed E-state index contributed by atoms with van der Waals surface area (Å²) in [5.74, 6) is -0.109. The topological polar surface area (TPSA) is 58.6 Å². The fourth-order valence-electron chi connectivity index (χ4n) is 2.09. The fourth-order valence-corrected chi connectivity index (χ4v) is 2.30. The standard InChI is InChI=1S/C14H18ClNO3/c15-12-3-1-2-11(8-12)9-13(17)16-10-14(18)4-6-19-7-5-14/h1-3,8,18H,4-7,9-10H2,(H,16,17). The van der Waals surface area contributed by atoms with Gasteiger partial charge in [-0.05, 0) is 17.7 Å². The molecule has 4 nitrogen and oxygen atoms in total. The minimum atomic E-state index is -0.831. The molecule has 0 atom stereocenters. The number of amides is 1. The van der Waals surface area contributed by atoms with E-state index in [1.54, 1.807) is 12.1 Å². The third kappa shape index (κ3) is 4.49. The zero-order valence-electron chi connectivity index (χ0n) is 10.7. The third-order valence-electron chi connectivity index (χ3n) is 3.29. The van der Waals surface area contributed by atoms with E-state index in [0.717, 1.165) is 5.56 Å². The number of hydrogen-bond donors (Lipinski definition) is 2. The van der Waals surface area contributed by atoms with Gasteiger partial charge in [0.05, 0.1) is 12.0 Å². The highest BCUT2D eigenvalue weighted by atomic mass is 35.5. The van der Waals surface area contributed by atoms with Gasteiger partial charge in [0.2, 0.25) is 5.91 Å². The van der Waals surface area contributed by atoms with Crippen molar-refractivity contribution >= 4 is 17.5 Å². The lowest BCUT2D eigenvalue weighted by Crippen LogP contribution is -2.46. The molecule has 1 heterocycles. The number of halogens is 1. The first kappa shape index (κ1) is 14.3. The zero-order chi connectivity index (χ0) is 13.7. The van der Waals surface area contributed by atoms with Gasteiger partial charge in [-0.1, -0.05) is 23.7 Å². The molecule has 2 rings (SSSR count). The summed E-state index contributed by atoms with van der Waals surface area (Å²) in [6, 6.07) is 7.21. The summed E-state index contributed by atoms with van der Waals surface area (Å²) in [7, 11) is 0. The molecule has 104 valence electrons. The van der Waals surface area contributed by atoms with Crippen LogP contribution in [0.15, 0.2) is 24.3 Å². The molecule has 0 aromatic heterocycles. The molecule has 1 aliphatic rings. The van der Waals surface area contributed by atoms with Crippen LogP contribution in [-0.4, -0.2) is 36.4 Å². The van der Waals surface area contributed by atoms with Gasteiger partial charge in [0.1, 0.15) is 0 Å². The predicted molar refractivity (Wildman–Crippen MR) is 73.2 cm³/mol. The minimum absolute atomic E-state index is 0.109. The highest BCUT2D eigenvalue weighted by molar-refractivity contribution is 6.30. The van der Waals surface area contributed by atoms with E-state index in [-0.39, 0.29) is 18.9 Å². The minimum Gasteiger partial charge on any atom is -0.388 e. The zero-order valence-corrected chi connectivity index (χ0v) is 11.4. The Morgan fingerprint density at radius 2 is 2.16 bits per heavy atom. The van der Waals surface area contributed by atoms with Crippen LogP contribution in [0.3, 0.4) is 0 Å². The average Bonchev–Trinajstić information content (AvgIpc) is 2.38. The van der Waals surface area contributed by atoms with Crippen molar-refractivity contribution in [2.45, 2.75) is 24.9 Å². The van der Waals surface area contributed by atoms with Crippen LogP contribution in [0, 0.1) is 0 Å². The van der Waals surface area contributed by atoms with Crippen molar-refractivity contribution < 1.29 is 14.6 Å². The van der Waals surface area contributed by atoms with E-state index >= 15 is 0 Å². The van der Waals surface area contributed by atoms with Crippen LogP contribution < -0.4 is 5.32 Å². The number of carbonyl (C=O) groups is 1. The molecule has 1 aromatic carbocycles.